The van der Waals surface area contributed by atoms with Gasteiger partial charge in [0.05, 0.1) is 4.88 Å². The molecular formula is C18H21N3O2S. The van der Waals surface area contributed by atoms with Crippen molar-refractivity contribution in [3.8, 4) is 0 Å². The number of amides is 2. The number of rotatable bonds is 3. The Balaban J connectivity index is 1.54. The number of likely N-dealkylation sites (tertiary alicyclic amines) is 1. The van der Waals surface area contributed by atoms with Gasteiger partial charge in [-0.15, -0.1) is 11.3 Å². The molecule has 1 saturated heterocycles. The number of nitrogens with one attached hydrogen (secondary N) is 1. The first-order valence-corrected chi connectivity index (χ1v) is 8.86. The summed E-state index contributed by atoms with van der Waals surface area (Å²) >= 11 is 1.50. The van der Waals surface area contributed by atoms with Crippen LogP contribution in [0.3, 0.4) is 0 Å². The molecule has 3 rings (SSSR count). The maximum absolute atomic E-state index is 12.5. The highest BCUT2D eigenvalue weighted by atomic mass is 32.1. The number of nitrogens with zero attached hydrogens (tertiary/aromatic N) is 1. The number of piperidine rings is 1. The standard InChI is InChI=1S/C18H21N3O2S/c1-12-5-6-16(24-12)17(22)20-15-7-9-21(10-8-15)18(23)13-3-2-4-14(19)11-13/h2-6,11,15H,7-10,19H2,1H3,(H,20,22). The zero-order valence-corrected chi connectivity index (χ0v) is 14.4. The molecule has 1 aliphatic heterocycles. The highest BCUT2D eigenvalue weighted by Gasteiger charge is 2.25. The van der Waals surface area contributed by atoms with E-state index in [9.17, 15) is 9.59 Å². The number of benzene rings is 1. The van der Waals surface area contributed by atoms with Crippen LogP contribution in [0.5, 0.6) is 0 Å². The fourth-order valence-corrected chi connectivity index (χ4v) is 3.66. The molecule has 2 heterocycles. The predicted molar refractivity (Wildman–Crippen MR) is 96.3 cm³/mol. The SMILES string of the molecule is Cc1ccc(C(=O)NC2CCN(C(=O)c3cccc(N)c3)CC2)s1. The molecule has 0 spiro atoms. The Labute approximate surface area is 145 Å². The van der Waals surface area contributed by atoms with E-state index >= 15 is 0 Å². The van der Waals surface area contributed by atoms with Crippen molar-refractivity contribution in [2.45, 2.75) is 25.8 Å². The van der Waals surface area contributed by atoms with Gasteiger partial charge in [-0.2, -0.15) is 0 Å². The zero-order chi connectivity index (χ0) is 17.1. The summed E-state index contributed by atoms with van der Waals surface area (Å²) in [5.74, 6) is -0.0188. The lowest BCUT2D eigenvalue weighted by Gasteiger charge is -2.32. The van der Waals surface area contributed by atoms with Gasteiger partial charge in [-0.05, 0) is 50.1 Å². The molecule has 6 heteroatoms. The summed E-state index contributed by atoms with van der Waals surface area (Å²) in [6, 6.07) is 11.0. The summed E-state index contributed by atoms with van der Waals surface area (Å²) in [6.07, 6.45) is 1.54. The molecule has 126 valence electrons. The lowest BCUT2D eigenvalue weighted by Crippen LogP contribution is -2.46. The van der Waals surface area contributed by atoms with Crippen LogP contribution in [0, 0.1) is 6.92 Å². The Kier molecular flexibility index (Phi) is 4.85. The molecule has 2 amide bonds. The monoisotopic (exact) mass is 343 g/mol. The summed E-state index contributed by atoms with van der Waals surface area (Å²) in [4.78, 5) is 28.4. The molecule has 2 aromatic rings. The Morgan fingerprint density at radius 1 is 1.21 bits per heavy atom. The van der Waals surface area contributed by atoms with Crippen LogP contribution in [0.15, 0.2) is 36.4 Å². The Morgan fingerprint density at radius 2 is 1.96 bits per heavy atom. The van der Waals surface area contributed by atoms with Gasteiger partial charge in [0, 0.05) is 35.3 Å². The largest absolute Gasteiger partial charge is 0.399 e. The van der Waals surface area contributed by atoms with E-state index in [-0.39, 0.29) is 17.9 Å². The van der Waals surface area contributed by atoms with E-state index < -0.39 is 0 Å². The number of nitrogens with two attached hydrogens (primary N) is 1. The summed E-state index contributed by atoms with van der Waals surface area (Å²) in [5, 5.41) is 3.07. The van der Waals surface area contributed by atoms with E-state index in [1.165, 1.54) is 11.3 Å². The van der Waals surface area contributed by atoms with E-state index in [0.717, 1.165) is 22.6 Å². The first kappa shape index (κ1) is 16.5. The normalized spacial score (nSPS) is 15.3. The third-order valence-electron chi connectivity index (χ3n) is 4.22. The topological polar surface area (TPSA) is 75.4 Å². The van der Waals surface area contributed by atoms with Gasteiger partial charge in [-0.1, -0.05) is 6.07 Å². The molecule has 1 fully saturated rings. The van der Waals surface area contributed by atoms with E-state index in [1.54, 1.807) is 24.3 Å². The van der Waals surface area contributed by atoms with Crippen molar-refractivity contribution >= 4 is 28.8 Å². The molecule has 0 aliphatic carbocycles. The number of carbonyl (C=O) groups excluding carboxylic acids is 2. The van der Waals surface area contributed by atoms with Crippen LogP contribution in [0.2, 0.25) is 0 Å². The third kappa shape index (κ3) is 3.76. The van der Waals surface area contributed by atoms with Crippen LogP contribution in [0.25, 0.3) is 0 Å². The second-order valence-corrected chi connectivity index (χ2v) is 7.36. The van der Waals surface area contributed by atoms with Crippen molar-refractivity contribution < 1.29 is 9.59 Å². The van der Waals surface area contributed by atoms with E-state index in [2.05, 4.69) is 5.32 Å². The number of aryl methyl sites for hydroxylation is 1. The predicted octanol–water partition coefficient (Wildman–Crippen LogP) is 2.67. The number of nitrogen functional groups attached to an aromatic ring is 1. The molecule has 0 unspecified atom stereocenters. The molecule has 1 aromatic heterocycles. The maximum atomic E-state index is 12.5. The van der Waals surface area contributed by atoms with Crippen LogP contribution in [-0.4, -0.2) is 35.8 Å². The van der Waals surface area contributed by atoms with E-state index in [1.807, 2.05) is 24.0 Å². The smallest absolute Gasteiger partial charge is 0.261 e. The molecule has 0 saturated carbocycles. The zero-order valence-electron chi connectivity index (χ0n) is 13.6. The van der Waals surface area contributed by atoms with Gasteiger partial charge in [0.25, 0.3) is 11.8 Å². The number of thiophene rings is 1. The van der Waals surface area contributed by atoms with Crippen molar-refractivity contribution in [2.75, 3.05) is 18.8 Å². The highest BCUT2D eigenvalue weighted by Crippen LogP contribution is 2.18. The minimum absolute atomic E-state index is 0.000887. The Morgan fingerprint density at radius 3 is 2.58 bits per heavy atom. The quantitative estimate of drug-likeness (QED) is 0.841. The van der Waals surface area contributed by atoms with Crippen LogP contribution >= 0.6 is 11.3 Å². The molecular weight excluding hydrogens is 322 g/mol. The molecule has 1 aliphatic rings. The van der Waals surface area contributed by atoms with Gasteiger partial charge in [-0.25, -0.2) is 0 Å². The summed E-state index contributed by atoms with van der Waals surface area (Å²) < 4.78 is 0. The van der Waals surface area contributed by atoms with Gasteiger partial charge in [0.1, 0.15) is 0 Å². The lowest BCUT2D eigenvalue weighted by molar-refractivity contribution is 0.0698. The fourth-order valence-electron chi connectivity index (χ4n) is 2.89. The molecule has 5 nitrogen and oxygen atoms in total. The lowest BCUT2D eigenvalue weighted by atomic mass is 10.0. The molecule has 1 aromatic carbocycles. The average Bonchev–Trinajstić information content (AvgIpc) is 3.01. The van der Waals surface area contributed by atoms with Gasteiger partial charge < -0.3 is 16.0 Å². The van der Waals surface area contributed by atoms with E-state index in [4.69, 9.17) is 5.73 Å². The van der Waals surface area contributed by atoms with Crippen molar-refractivity contribution in [1.29, 1.82) is 0 Å². The summed E-state index contributed by atoms with van der Waals surface area (Å²) in [5.41, 5.74) is 6.95. The fraction of sp³-hybridized carbons (Fsp3) is 0.333. The first-order valence-electron chi connectivity index (χ1n) is 8.05. The average molecular weight is 343 g/mol. The molecule has 0 bridgehead atoms. The van der Waals surface area contributed by atoms with Crippen molar-refractivity contribution in [2.24, 2.45) is 0 Å². The number of carbonyl (C=O) groups is 2. The van der Waals surface area contributed by atoms with Crippen LogP contribution < -0.4 is 11.1 Å². The molecule has 24 heavy (non-hydrogen) atoms. The summed E-state index contributed by atoms with van der Waals surface area (Å²) in [6.45, 7) is 3.27. The minimum atomic E-state index is -0.0197. The number of hydrogen-bond donors (Lipinski definition) is 2. The highest BCUT2D eigenvalue weighted by molar-refractivity contribution is 7.13. The van der Waals surface area contributed by atoms with Gasteiger partial charge in [-0.3, -0.25) is 9.59 Å². The third-order valence-corrected chi connectivity index (χ3v) is 5.21. The molecule has 0 radical (unpaired) electrons. The second-order valence-electron chi connectivity index (χ2n) is 6.08. The Hall–Kier alpha value is -2.34. The van der Waals surface area contributed by atoms with Gasteiger partial charge in [0.2, 0.25) is 0 Å². The second kappa shape index (κ2) is 7.05. The van der Waals surface area contributed by atoms with Crippen molar-refractivity contribution in [3.05, 3.63) is 51.7 Å². The van der Waals surface area contributed by atoms with Crippen LogP contribution in [-0.2, 0) is 0 Å². The van der Waals surface area contributed by atoms with Gasteiger partial charge in [0.15, 0.2) is 0 Å². The van der Waals surface area contributed by atoms with Crippen LogP contribution in [0.1, 0.15) is 37.7 Å². The van der Waals surface area contributed by atoms with Crippen LogP contribution in [0.4, 0.5) is 5.69 Å². The number of hydrogen-bond acceptors (Lipinski definition) is 4. The molecule has 0 atom stereocenters. The van der Waals surface area contributed by atoms with Gasteiger partial charge >= 0.3 is 0 Å². The van der Waals surface area contributed by atoms with E-state index in [0.29, 0.717) is 24.3 Å². The van der Waals surface area contributed by atoms with Crippen molar-refractivity contribution in [1.82, 2.24) is 10.2 Å². The first-order chi connectivity index (χ1) is 11.5. The molecule has 3 N–H and O–H groups in total. The Bertz CT molecular complexity index is 748. The minimum Gasteiger partial charge on any atom is -0.399 e. The maximum Gasteiger partial charge on any atom is 0.261 e. The number of anilines is 1. The summed E-state index contributed by atoms with van der Waals surface area (Å²) in [7, 11) is 0. The van der Waals surface area contributed by atoms with Crippen molar-refractivity contribution in [3.63, 3.8) is 0 Å².